The van der Waals surface area contributed by atoms with E-state index in [0.717, 1.165) is 6.07 Å². The molecule has 0 spiro atoms. The molecule has 7 heteroatoms. The lowest BCUT2D eigenvalue weighted by Crippen LogP contribution is -2.09. The summed E-state index contributed by atoms with van der Waals surface area (Å²) in [6, 6.07) is 2.43. The van der Waals surface area contributed by atoms with Crippen molar-refractivity contribution in [2.24, 2.45) is 5.73 Å². The minimum Gasteiger partial charge on any atom is -0.493 e. The quantitative estimate of drug-likeness (QED) is 0.627. The van der Waals surface area contributed by atoms with Crippen LogP contribution in [-0.4, -0.2) is 25.7 Å². The van der Waals surface area contributed by atoms with Crippen LogP contribution in [0.3, 0.4) is 0 Å². The van der Waals surface area contributed by atoms with Gasteiger partial charge in [0.25, 0.3) is 0 Å². The number of hydrogen-bond acceptors (Lipinski definition) is 5. The number of hydrogen-bond donors (Lipinski definition) is 1. The number of ether oxygens (including phenoxy) is 2. The first-order valence-corrected chi connectivity index (χ1v) is 4.79. The lowest BCUT2D eigenvalue weighted by atomic mass is 10.1. The Morgan fingerprint density at radius 1 is 1.47 bits per heavy atom. The van der Waals surface area contributed by atoms with Crippen LogP contribution in [0.2, 0.25) is 0 Å². The van der Waals surface area contributed by atoms with Gasteiger partial charge in [-0.15, -0.1) is 0 Å². The third-order valence-electron chi connectivity index (χ3n) is 2.25. The van der Waals surface area contributed by atoms with Gasteiger partial charge in [0.05, 0.1) is 19.1 Å². The number of nitrogens with zero attached hydrogens (tertiary/aromatic N) is 1. The Bertz CT molecular complexity index is 425. The Morgan fingerprint density at radius 2 is 2.12 bits per heavy atom. The maximum atomic E-state index is 13.4. The molecule has 0 bridgehead atoms. The van der Waals surface area contributed by atoms with E-state index in [-0.39, 0.29) is 29.3 Å². The highest BCUT2D eigenvalue weighted by molar-refractivity contribution is 5.58. The van der Waals surface area contributed by atoms with E-state index in [1.54, 1.807) is 0 Å². The molecule has 0 amide bonds. The largest absolute Gasteiger partial charge is 0.493 e. The summed E-state index contributed by atoms with van der Waals surface area (Å²) in [5, 5.41) is 10.8. The summed E-state index contributed by atoms with van der Waals surface area (Å²) in [5.74, 6) is 0.0678. The molecule has 6 nitrogen and oxygen atoms in total. The van der Waals surface area contributed by atoms with Crippen LogP contribution in [0.15, 0.2) is 12.1 Å². The standard InChI is InChI=1S/C10H13FN2O4/c1-16-9-4-6(7(11)5-12)3-8(13(14)15)10(9)17-2/h3-4,7H,5,12H2,1-2H3. The van der Waals surface area contributed by atoms with Crippen LogP contribution in [0.4, 0.5) is 10.1 Å². The van der Waals surface area contributed by atoms with Crippen LogP contribution < -0.4 is 15.2 Å². The zero-order valence-corrected chi connectivity index (χ0v) is 9.47. The first-order chi connectivity index (χ1) is 8.04. The fourth-order valence-electron chi connectivity index (χ4n) is 1.42. The summed E-state index contributed by atoms with van der Waals surface area (Å²) in [7, 11) is 2.60. The second-order valence-electron chi connectivity index (χ2n) is 3.24. The number of nitrogens with two attached hydrogens (primary N) is 1. The summed E-state index contributed by atoms with van der Waals surface area (Å²) in [5.41, 5.74) is 4.92. The van der Waals surface area contributed by atoms with E-state index >= 15 is 0 Å². The predicted octanol–water partition coefficient (Wildman–Crippen LogP) is 1.58. The maximum absolute atomic E-state index is 13.4. The fourth-order valence-corrected chi connectivity index (χ4v) is 1.42. The van der Waals surface area contributed by atoms with Gasteiger partial charge < -0.3 is 15.2 Å². The van der Waals surface area contributed by atoms with E-state index in [2.05, 4.69) is 0 Å². The van der Waals surface area contributed by atoms with Gasteiger partial charge in [-0.2, -0.15) is 0 Å². The second-order valence-corrected chi connectivity index (χ2v) is 3.24. The smallest absolute Gasteiger partial charge is 0.315 e. The van der Waals surface area contributed by atoms with Gasteiger partial charge in [0, 0.05) is 12.6 Å². The maximum Gasteiger partial charge on any atom is 0.315 e. The van der Waals surface area contributed by atoms with Crippen molar-refractivity contribution in [2.45, 2.75) is 6.17 Å². The Morgan fingerprint density at radius 3 is 2.53 bits per heavy atom. The van der Waals surface area contributed by atoms with Gasteiger partial charge in [-0.25, -0.2) is 4.39 Å². The molecule has 2 N–H and O–H groups in total. The third-order valence-corrected chi connectivity index (χ3v) is 2.25. The highest BCUT2D eigenvalue weighted by Crippen LogP contribution is 2.39. The molecular formula is C10H13FN2O4. The Balaban J connectivity index is 3.39. The van der Waals surface area contributed by atoms with Crippen LogP contribution in [0, 0.1) is 10.1 Å². The summed E-state index contributed by atoms with van der Waals surface area (Å²) in [4.78, 5) is 10.2. The van der Waals surface area contributed by atoms with E-state index < -0.39 is 11.1 Å². The van der Waals surface area contributed by atoms with E-state index in [1.807, 2.05) is 0 Å². The Labute approximate surface area is 97.3 Å². The third kappa shape index (κ3) is 2.62. The number of methoxy groups -OCH3 is 2. The van der Waals surface area contributed by atoms with Crippen molar-refractivity contribution in [1.82, 2.24) is 0 Å². The monoisotopic (exact) mass is 244 g/mol. The van der Waals surface area contributed by atoms with Crippen molar-refractivity contribution in [2.75, 3.05) is 20.8 Å². The summed E-state index contributed by atoms with van der Waals surface area (Å²) in [6.45, 7) is -0.257. The molecule has 0 fully saturated rings. The first kappa shape index (κ1) is 13.2. The molecule has 0 saturated carbocycles. The number of halogens is 1. The Hall–Kier alpha value is -1.89. The summed E-state index contributed by atoms with van der Waals surface area (Å²) < 4.78 is 23.2. The fraction of sp³-hybridized carbons (Fsp3) is 0.400. The molecule has 0 aliphatic rings. The van der Waals surface area contributed by atoms with Crippen molar-refractivity contribution in [3.63, 3.8) is 0 Å². The number of nitro groups is 1. The van der Waals surface area contributed by atoms with Gasteiger partial charge in [-0.1, -0.05) is 0 Å². The van der Waals surface area contributed by atoms with Gasteiger partial charge in [0.1, 0.15) is 6.17 Å². The van der Waals surface area contributed by atoms with Crippen LogP contribution in [0.1, 0.15) is 11.7 Å². The van der Waals surface area contributed by atoms with Gasteiger partial charge in [-0.3, -0.25) is 10.1 Å². The van der Waals surface area contributed by atoms with Crippen LogP contribution in [0.5, 0.6) is 11.5 Å². The van der Waals surface area contributed by atoms with Crippen molar-refractivity contribution in [1.29, 1.82) is 0 Å². The SMILES string of the molecule is COc1cc(C(F)CN)cc([N+](=O)[O-])c1OC. The summed E-state index contributed by atoms with van der Waals surface area (Å²) >= 11 is 0. The lowest BCUT2D eigenvalue weighted by Gasteiger charge is -2.11. The Kier molecular flexibility index (Phi) is 4.22. The zero-order chi connectivity index (χ0) is 13.0. The number of nitro benzene ring substituents is 1. The average molecular weight is 244 g/mol. The van der Waals surface area contributed by atoms with Crippen molar-refractivity contribution < 1.29 is 18.8 Å². The van der Waals surface area contributed by atoms with Gasteiger partial charge in [0.2, 0.25) is 5.75 Å². The van der Waals surface area contributed by atoms with Crippen molar-refractivity contribution in [3.05, 3.63) is 27.8 Å². The zero-order valence-electron chi connectivity index (χ0n) is 9.47. The van der Waals surface area contributed by atoms with E-state index in [4.69, 9.17) is 15.2 Å². The van der Waals surface area contributed by atoms with Crippen LogP contribution >= 0.6 is 0 Å². The molecule has 1 rings (SSSR count). The predicted molar refractivity (Wildman–Crippen MR) is 59.1 cm³/mol. The molecule has 17 heavy (non-hydrogen) atoms. The van der Waals surface area contributed by atoms with Crippen LogP contribution in [0.25, 0.3) is 0 Å². The van der Waals surface area contributed by atoms with Crippen LogP contribution in [-0.2, 0) is 0 Å². The molecule has 0 radical (unpaired) electrons. The molecule has 1 aromatic carbocycles. The van der Waals surface area contributed by atoms with E-state index in [9.17, 15) is 14.5 Å². The molecule has 0 aliphatic carbocycles. The minimum absolute atomic E-state index is 0.0366. The van der Waals surface area contributed by atoms with Gasteiger partial charge in [0.15, 0.2) is 5.75 Å². The topological polar surface area (TPSA) is 87.6 Å². The highest BCUT2D eigenvalue weighted by atomic mass is 19.1. The molecule has 0 aromatic heterocycles. The minimum atomic E-state index is -1.48. The molecule has 0 aliphatic heterocycles. The molecule has 1 atom stereocenters. The molecule has 94 valence electrons. The second kappa shape index (κ2) is 5.44. The first-order valence-electron chi connectivity index (χ1n) is 4.79. The highest BCUT2D eigenvalue weighted by Gasteiger charge is 2.23. The molecule has 0 heterocycles. The van der Waals surface area contributed by atoms with Gasteiger partial charge >= 0.3 is 5.69 Å². The van der Waals surface area contributed by atoms with Crippen molar-refractivity contribution >= 4 is 5.69 Å². The molecule has 1 aromatic rings. The normalized spacial score (nSPS) is 12.0. The number of benzene rings is 1. The summed E-state index contributed by atoms with van der Waals surface area (Å²) in [6.07, 6.45) is -1.48. The van der Waals surface area contributed by atoms with Gasteiger partial charge in [-0.05, 0) is 11.6 Å². The number of rotatable bonds is 5. The lowest BCUT2D eigenvalue weighted by molar-refractivity contribution is -0.385. The molecule has 1 unspecified atom stereocenters. The average Bonchev–Trinajstić information content (AvgIpc) is 2.35. The van der Waals surface area contributed by atoms with E-state index in [1.165, 1.54) is 20.3 Å². The molecule has 0 saturated heterocycles. The molecular weight excluding hydrogens is 231 g/mol. The van der Waals surface area contributed by atoms with E-state index in [0.29, 0.717) is 0 Å². The van der Waals surface area contributed by atoms with Crippen molar-refractivity contribution in [3.8, 4) is 11.5 Å². The number of alkyl halides is 1.